The van der Waals surface area contributed by atoms with Crippen LogP contribution < -0.4 is 5.73 Å². The van der Waals surface area contributed by atoms with Gasteiger partial charge in [0.2, 0.25) is 0 Å². The molecule has 0 fully saturated rings. The van der Waals surface area contributed by atoms with Gasteiger partial charge in [0.1, 0.15) is 0 Å². The SMILES string of the molecule is Nc1cccc(-n2c(O)ccc2O)c1. The standard InChI is InChI=1S/C10H10N2O2/c11-7-2-1-3-8(6-7)12-9(13)4-5-10(12)14/h1-6,13-14H,11H2. The highest BCUT2D eigenvalue weighted by molar-refractivity contribution is 5.51. The number of rotatable bonds is 1. The lowest BCUT2D eigenvalue weighted by Crippen LogP contribution is -1.93. The Kier molecular flexibility index (Phi) is 1.81. The summed E-state index contributed by atoms with van der Waals surface area (Å²) in [6, 6.07) is 9.73. The molecular weight excluding hydrogens is 180 g/mol. The van der Waals surface area contributed by atoms with Crippen molar-refractivity contribution in [3.8, 4) is 17.4 Å². The Morgan fingerprint density at radius 3 is 2.21 bits per heavy atom. The zero-order valence-corrected chi connectivity index (χ0v) is 7.38. The zero-order chi connectivity index (χ0) is 10.1. The summed E-state index contributed by atoms with van der Waals surface area (Å²) in [4.78, 5) is 0. The fourth-order valence-corrected chi connectivity index (χ4v) is 1.34. The molecule has 0 aliphatic heterocycles. The summed E-state index contributed by atoms with van der Waals surface area (Å²) in [6.45, 7) is 0. The summed E-state index contributed by atoms with van der Waals surface area (Å²) < 4.78 is 1.30. The van der Waals surface area contributed by atoms with Gasteiger partial charge in [-0.3, -0.25) is 4.57 Å². The topological polar surface area (TPSA) is 71.4 Å². The Morgan fingerprint density at radius 2 is 1.64 bits per heavy atom. The number of nitrogens with two attached hydrogens (primary N) is 1. The predicted molar refractivity (Wildman–Crippen MR) is 53.5 cm³/mol. The van der Waals surface area contributed by atoms with Gasteiger partial charge in [0.15, 0.2) is 11.8 Å². The molecular formula is C10H10N2O2. The van der Waals surface area contributed by atoms with Crippen LogP contribution in [0.1, 0.15) is 0 Å². The largest absolute Gasteiger partial charge is 0.494 e. The minimum absolute atomic E-state index is 0.0203. The average Bonchev–Trinajstić information content (AvgIpc) is 2.46. The second-order valence-corrected chi connectivity index (χ2v) is 2.98. The zero-order valence-electron chi connectivity index (χ0n) is 7.38. The van der Waals surface area contributed by atoms with Crippen molar-refractivity contribution in [1.82, 2.24) is 4.57 Å². The third-order valence-electron chi connectivity index (χ3n) is 1.97. The molecule has 0 aliphatic rings. The maximum atomic E-state index is 9.44. The first-order valence-corrected chi connectivity index (χ1v) is 4.14. The maximum Gasteiger partial charge on any atom is 0.198 e. The molecule has 0 radical (unpaired) electrons. The highest BCUT2D eigenvalue weighted by atomic mass is 16.3. The van der Waals surface area contributed by atoms with Crippen LogP contribution in [0.5, 0.6) is 11.8 Å². The molecule has 72 valence electrons. The Bertz CT molecular complexity index is 443. The van der Waals surface area contributed by atoms with Gasteiger partial charge in [-0.15, -0.1) is 0 Å². The molecule has 0 aliphatic carbocycles. The number of aromatic nitrogens is 1. The molecule has 0 spiro atoms. The number of nitrogens with zero attached hydrogens (tertiary/aromatic N) is 1. The van der Waals surface area contributed by atoms with Gasteiger partial charge < -0.3 is 15.9 Å². The molecule has 4 heteroatoms. The van der Waals surface area contributed by atoms with Crippen molar-refractivity contribution in [3.05, 3.63) is 36.4 Å². The van der Waals surface area contributed by atoms with Crippen molar-refractivity contribution in [2.45, 2.75) is 0 Å². The minimum atomic E-state index is -0.0203. The molecule has 0 atom stereocenters. The first kappa shape index (κ1) is 8.50. The number of anilines is 1. The van der Waals surface area contributed by atoms with E-state index in [4.69, 9.17) is 5.73 Å². The number of benzene rings is 1. The molecule has 4 nitrogen and oxygen atoms in total. The van der Waals surface area contributed by atoms with Gasteiger partial charge in [0.05, 0.1) is 5.69 Å². The lowest BCUT2D eigenvalue weighted by Gasteiger charge is -2.06. The number of hydrogen-bond donors (Lipinski definition) is 3. The van der Waals surface area contributed by atoms with E-state index < -0.39 is 0 Å². The molecule has 1 aromatic carbocycles. The smallest absolute Gasteiger partial charge is 0.198 e. The molecule has 4 N–H and O–H groups in total. The molecule has 0 amide bonds. The van der Waals surface area contributed by atoms with Crippen molar-refractivity contribution in [2.24, 2.45) is 0 Å². The molecule has 1 aromatic heterocycles. The molecule has 0 saturated heterocycles. The van der Waals surface area contributed by atoms with E-state index in [0.29, 0.717) is 11.4 Å². The van der Waals surface area contributed by atoms with Crippen molar-refractivity contribution in [3.63, 3.8) is 0 Å². The number of aromatic hydroxyl groups is 2. The molecule has 0 bridgehead atoms. The molecule has 0 unspecified atom stereocenters. The molecule has 2 aromatic rings. The van der Waals surface area contributed by atoms with Crippen LogP contribution in [-0.2, 0) is 0 Å². The number of hydrogen-bond acceptors (Lipinski definition) is 3. The Hall–Kier alpha value is -2.10. The predicted octanol–water partition coefficient (Wildman–Crippen LogP) is 1.47. The van der Waals surface area contributed by atoms with Crippen LogP contribution in [0.4, 0.5) is 5.69 Å². The highest BCUT2D eigenvalue weighted by Crippen LogP contribution is 2.27. The van der Waals surface area contributed by atoms with E-state index in [2.05, 4.69) is 0 Å². The van der Waals surface area contributed by atoms with Gasteiger partial charge in [0.25, 0.3) is 0 Å². The van der Waals surface area contributed by atoms with Gasteiger partial charge in [0, 0.05) is 17.8 Å². The van der Waals surface area contributed by atoms with Gasteiger partial charge in [-0.25, -0.2) is 0 Å². The lowest BCUT2D eigenvalue weighted by atomic mass is 10.3. The van der Waals surface area contributed by atoms with E-state index in [1.165, 1.54) is 16.7 Å². The highest BCUT2D eigenvalue weighted by Gasteiger charge is 2.07. The van der Waals surface area contributed by atoms with Crippen LogP contribution in [0, 0.1) is 0 Å². The first-order chi connectivity index (χ1) is 6.68. The first-order valence-electron chi connectivity index (χ1n) is 4.14. The van der Waals surface area contributed by atoms with Gasteiger partial charge in [-0.1, -0.05) is 6.07 Å². The van der Waals surface area contributed by atoms with E-state index in [-0.39, 0.29) is 11.8 Å². The van der Waals surface area contributed by atoms with Crippen LogP contribution in [0.15, 0.2) is 36.4 Å². The van der Waals surface area contributed by atoms with E-state index in [9.17, 15) is 10.2 Å². The average molecular weight is 190 g/mol. The quantitative estimate of drug-likeness (QED) is 0.596. The van der Waals surface area contributed by atoms with Crippen LogP contribution in [-0.4, -0.2) is 14.8 Å². The summed E-state index contributed by atoms with van der Waals surface area (Å²) in [5.74, 6) is -0.0406. The summed E-state index contributed by atoms with van der Waals surface area (Å²) in [6.07, 6.45) is 0. The van der Waals surface area contributed by atoms with Crippen LogP contribution in [0.2, 0.25) is 0 Å². The van der Waals surface area contributed by atoms with E-state index in [1.54, 1.807) is 24.3 Å². The third-order valence-corrected chi connectivity index (χ3v) is 1.97. The fraction of sp³-hybridized carbons (Fsp3) is 0. The van der Waals surface area contributed by atoms with Crippen molar-refractivity contribution in [1.29, 1.82) is 0 Å². The molecule has 2 rings (SSSR count). The Morgan fingerprint density at radius 1 is 1.00 bits per heavy atom. The van der Waals surface area contributed by atoms with E-state index in [1.807, 2.05) is 0 Å². The third kappa shape index (κ3) is 1.26. The van der Waals surface area contributed by atoms with Gasteiger partial charge >= 0.3 is 0 Å². The Balaban J connectivity index is 2.59. The van der Waals surface area contributed by atoms with Crippen LogP contribution >= 0.6 is 0 Å². The van der Waals surface area contributed by atoms with Crippen molar-refractivity contribution >= 4 is 5.69 Å². The van der Waals surface area contributed by atoms with Crippen molar-refractivity contribution < 1.29 is 10.2 Å². The van der Waals surface area contributed by atoms with E-state index in [0.717, 1.165) is 0 Å². The molecule has 1 heterocycles. The lowest BCUT2D eigenvalue weighted by molar-refractivity contribution is 0.402. The summed E-state index contributed by atoms with van der Waals surface area (Å²) in [5, 5.41) is 18.9. The summed E-state index contributed by atoms with van der Waals surface area (Å²) in [5.41, 5.74) is 6.80. The Labute approximate surface area is 80.8 Å². The molecule has 0 saturated carbocycles. The fourth-order valence-electron chi connectivity index (χ4n) is 1.34. The molecule has 14 heavy (non-hydrogen) atoms. The van der Waals surface area contributed by atoms with Gasteiger partial charge in [-0.2, -0.15) is 0 Å². The van der Waals surface area contributed by atoms with Crippen molar-refractivity contribution in [2.75, 3.05) is 5.73 Å². The minimum Gasteiger partial charge on any atom is -0.494 e. The van der Waals surface area contributed by atoms with Gasteiger partial charge in [-0.05, 0) is 18.2 Å². The van der Waals surface area contributed by atoms with Crippen LogP contribution in [0.25, 0.3) is 5.69 Å². The van der Waals surface area contributed by atoms with Crippen LogP contribution in [0.3, 0.4) is 0 Å². The maximum absolute atomic E-state index is 9.44. The summed E-state index contributed by atoms with van der Waals surface area (Å²) >= 11 is 0. The van der Waals surface area contributed by atoms with E-state index >= 15 is 0 Å². The normalized spacial score (nSPS) is 10.3. The second-order valence-electron chi connectivity index (χ2n) is 2.98. The number of nitrogen functional groups attached to an aromatic ring is 1. The second kappa shape index (κ2) is 2.99. The summed E-state index contributed by atoms with van der Waals surface area (Å²) in [7, 11) is 0. The monoisotopic (exact) mass is 190 g/mol.